The van der Waals surface area contributed by atoms with Crippen LogP contribution in [-0.4, -0.2) is 18.9 Å². The molecule has 0 unspecified atom stereocenters. The topological polar surface area (TPSA) is 20.3 Å². The average Bonchev–Trinajstić information content (AvgIpc) is 2.39. The number of ketones is 1. The highest BCUT2D eigenvalue weighted by Gasteiger charge is 2.13. The maximum Gasteiger partial charge on any atom is 0.161 e. The zero-order valence-electron chi connectivity index (χ0n) is 12.4. The van der Waals surface area contributed by atoms with E-state index < -0.39 is 0 Å². The molecule has 1 aromatic rings. The molecule has 0 saturated heterocycles. The number of Topliss-reactive ketones (excluding diaryl/α,β-unsaturated/α-hetero) is 1. The number of rotatable bonds is 7. The molecule has 2 nitrogen and oxygen atoms in total. The Labute approximate surface area is 121 Å². The minimum Gasteiger partial charge on any atom is -0.371 e. The van der Waals surface area contributed by atoms with E-state index in [2.05, 4.69) is 25.7 Å². The highest BCUT2D eigenvalue weighted by molar-refractivity contribution is 6.34. The van der Waals surface area contributed by atoms with E-state index in [-0.39, 0.29) is 5.78 Å². The van der Waals surface area contributed by atoms with Gasteiger partial charge in [0.05, 0.1) is 5.02 Å². The summed E-state index contributed by atoms with van der Waals surface area (Å²) in [6, 6.07) is 5.73. The summed E-state index contributed by atoms with van der Waals surface area (Å²) < 4.78 is 0. The normalized spacial score (nSPS) is 10.8. The Morgan fingerprint density at radius 3 is 2.32 bits per heavy atom. The summed E-state index contributed by atoms with van der Waals surface area (Å²) in [4.78, 5) is 13.7. The van der Waals surface area contributed by atoms with Crippen molar-refractivity contribution in [2.45, 2.75) is 40.5 Å². The largest absolute Gasteiger partial charge is 0.371 e. The van der Waals surface area contributed by atoms with E-state index >= 15 is 0 Å². The zero-order valence-corrected chi connectivity index (χ0v) is 13.1. The molecule has 0 aliphatic heterocycles. The van der Waals surface area contributed by atoms with Crippen molar-refractivity contribution in [1.82, 2.24) is 0 Å². The fourth-order valence-electron chi connectivity index (χ4n) is 2.26. The minimum absolute atomic E-state index is 0.0135. The molecule has 0 aliphatic carbocycles. The molecule has 3 heteroatoms. The van der Waals surface area contributed by atoms with E-state index in [1.807, 2.05) is 18.2 Å². The fraction of sp³-hybridized carbons (Fsp3) is 0.562. The van der Waals surface area contributed by atoms with Gasteiger partial charge in [0.1, 0.15) is 0 Å². The van der Waals surface area contributed by atoms with E-state index in [1.54, 1.807) is 6.92 Å². The number of hydrogen-bond acceptors (Lipinski definition) is 2. The van der Waals surface area contributed by atoms with Crippen molar-refractivity contribution in [1.29, 1.82) is 0 Å². The predicted molar refractivity (Wildman–Crippen MR) is 83.4 cm³/mol. The van der Waals surface area contributed by atoms with Gasteiger partial charge in [-0.15, -0.1) is 0 Å². The monoisotopic (exact) mass is 281 g/mol. The third-order valence-electron chi connectivity index (χ3n) is 3.71. The number of anilines is 1. The van der Waals surface area contributed by atoms with Gasteiger partial charge in [0.25, 0.3) is 0 Å². The van der Waals surface area contributed by atoms with Crippen molar-refractivity contribution >= 4 is 23.1 Å². The number of nitrogens with zero attached hydrogens (tertiary/aromatic N) is 1. The van der Waals surface area contributed by atoms with Crippen LogP contribution in [0.5, 0.6) is 0 Å². The van der Waals surface area contributed by atoms with E-state index in [4.69, 9.17) is 11.6 Å². The number of hydrogen-bond donors (Lipinski definition) is 0. The SMILES string of the molecule is CCC(CC)CN(CC)c1ccc(C(C)=O)c(Cl)c1. The minimum atomic E-state index is 0.0135. The van der Waals surface area contributed by atoms with Crippen LogP contribution in [0.3, 0.4) is 0 Å². The van der Waals surface area contributed by atoms with Crippen molar-refractivity contribution in [2.24, 2.45) is 5.92 Å². The first kappa shape index (κ1) is 16.0. The second-order valence-corrected chi connectivity index (χ2v) is 5.35. The van der Waals surface area contributed by atoms with Crippen LogP contribution in [0.15, 0.2) is 18.2 Å². The highest BCUT2D eigenvalue weighted by atomic mass is 35.5. The van der Waals surface area contributed by atoms with Crippen LogP contribution in [-0.2, 0) is 0 Å². The van der Waals surface area contributed by atoms with E-state index in [1.165, 1.54) is 12.8 Å². The lowest BCUT2D eigenvalue weighted by Gasteiger charge is -2.27. The molecular formula is C16H24ClNO. The Morgan fingerprint density at radius 1 is 1.26 bits per heavy atom. The Balaban J connectivity index is 2.93. The summed E-state index contributed by atoms with van der Waals surface area (Å²) >= 11 is 6.18. The van der Waals surface area contributed by atoms with Gasteiger partial charge >= 0.3 is 0 Å². The fourth-order valence-corrected chi connectivity index (χ4v) is 2.57. The van der Waals surface area contributed by atoms with Crippen LogP contribution in [0.2, 0.25) is 5.02 Å². The Morgan fingerprint density at radius 2 is 1.89 bits per heavy atom. The molecule has 0 amide bonds. The summed E-state index contributed by atoms with van der Waals surface area (Å²) in [7, 11) is 0. The van der Waals surface area contributed by atoms with Crippen molar-refractivity contribution in [3.05, 3.63) is 28.8 Å². The average molecular weight is 282 g/mol. The van der Waals surface area contributed by atoms with Crippen LogP contribution in [0.1, 0.15) is 50.9 Å². The van der Waals surface area contributed by atoms with Crippen molar-refractivity contribution in [3.63, 3.8) is 0 Å². The van der Waals surface area contributed by atoms with Gasteiger partial charge in [-0.2, -0.15) is 0 Å². The molecule has 106 valence electrons. The number of carbonyl (C=O) groups is 1. The first-order valence-electron chi connectivity index (χ1n) is 7.08. The van der Waals surface area contributed by atoms with Crippen LogP contribution in [0.25, 0.3) is 0 Å². The van der Waals surface area contributed by atoms with Gasteiger partial charge in [-0.1, -0.05) is 38.3 Å². The van der Waals surface area contributed by atoms with Gasteiger partial charge in [-0.05, 0) is 38.0 Å². The first-order valence-corrected chi connectivity index (χ1v) is 7.46. The van der Waals surface area contributed by atoms with Crippen molar-refractivity contribution in [2.75, 3.05) is 18.0 Å². The lowest BCUT2D eigenvalue weighted by molar-refractivity contribution is 0.101. The summed E-state index contributed by atoms with van der Waals surface area (Å²) in [5, 5.41) is 0.549. The molecule has 0 N–H and O–H groups in total. The molecule has 0 atom stereocenters. The van der Waals surface area contributed by atoms with E-state index in [9.17, 15) is 4.79 Å². The molecule has 0 heterocycles. The van der Waals surface area contributed by atoms with Crippen LogP contribution < -0.4 is 4.90 Å². The Hall–Kier alpha value is -1.02. The van der Waals surface area contributed by atoms with Crippen molar-refractivity contribution in [3.8, 4) is 0 Å². The summed E-state index contributed by atoms with van der Waals surface area (Å²) in [6.07, 6.45) is 2.37. The highest BCUT2D eigenvalue weighted by Crippen LogP contribution is 2.25. The second-order valence-electron chi connectivity index (χ2n) is 4.94. The standard InChI is InChI=1S/C16H24ClNO/c1-5-13(6-2)11-18(7-3)14-8-9-15(12(4)19)16(17)10-14/h8-10,13H,5-7,11H2,1-4H3. The van der Waals surface area contributed by atoms with Crippen molar-refractivity contribution < 1.29 is 4.79 Å². The lowest BCUT2D eigenvalue weighted by atomic mass is 10.0. The maximum atomic E-state index is 11.4. The molecular weight excluding hydrogens is 258 g/mol. The number of benzene rings is 1. The smallest absolute Gasteiger partial charge is 0.161 e. The van der Waals surface area contributed by atoms with Gasteiger partial charge in [0.15, 0.2) is 5.78 Å². The summed E-state index contributed by atoms with van der Waals surface area (Å²) in [6.45, 7) is 10.1. The van der Waals surface area contributed by atoms with Gasteiger partial charge in [0, 0.05) is 24.3 Å². The van der Waals surface area contributed by atoms with Gasteiger partial charge in [-0.25, -0.2) is 0 Å². The molecule has 0 spiro atoms. The van der Waals surface area contributed by atoms with Gasteiger partial charge < -0.3 is 4.90 Å². The molecule has 0 radical (unpaired) electrons. The van der Waals surface area contributed by atoms with Gasteiger partial charge in [0.2, 0.25) is 0 Å². The molecule has 0 saturated carbocycles. The maximum absolute atomic E-state index is 11.4. The lowest BCUT2D eigenvalue weighted by Crippen LogP contribution is -2.29. The molecule has 0 aromatic heterocycles. The third-order valence-corrected chi connectivity index (χ3v) is 4.02. The van der Waals surface area contributed by atoms with Crippen LogP contribution in [0.4, 0.5) is 5.69 Å². The molecule has 1 rings (SSSR count). The summed E-state index contributed by atoms with van der Waals surface area (Å²) in [5.74, 6) is 0.714. The third kappa shape index (κ3) is 4.24. The molecule has 19 heavy (non-hydrogen) atoms. The second kappa shape index (κ2) is 7.54. The molecule has 0 fully saturated rings. The number of halogens is 1. The van der Waals surface area contributed by atoms with Crippen LogP contribution in [0, 0.1) is 5.92 Å². The Bertz CT molecular complexity index is 427. The van der Waals surface area contributed by atoms with Crippen LogP contribution >= 0.6 is 11.6 Å². The quantitative estimate of drug-likeness (QED) is 0.669. The van der Waals surface area contributed by atoms with Gasteiger partial charge in [-0.3, -0.25) is 4.79 Å². The summed E-state index contributed by atoms with van der Waals surface area (Å²) in [5.41, 5.74) is 1.70. The zero-order chi connectivity index (χ0) is 14.4. The Kier molecular flexibility index (Phi) is 6.36. The first-order chi connectivity index (χ1) is 9.03. The molecule has 0 aliphatic rings. The van der Waals surface area contributed by atoms with E-state index in [0.717, 1.165) is 18.8 Å². The van der Waals surface area contributed by atoms with E-state index in [0.29, 0.717) is 16.5 Å². The molecule has 0 bridgehead atoms. The number of carbonyl (C=O) groups excluding carboxylic acids is 1. The predicted octanol–water partition coefficient (Wildman–Crippen LogP) is 4.81. The molecule has 1 aromatic carbocycles.